The summed E-state index contributed by atoms with van der Waals surface area (Å²) in [5, 5.41) is 11.9. The van der Waals surface area contributed by atoms with E-state index in [1.165, 1.54) is 0 Å². The number of carboxylic acid groups (broad SMARTS) is 1. The molecule has 1 saturated heterocycles. The maximum atomic E-state index is 12.3. The van der Waals surface area contributed by atoms with Crippen molar-refractivity contribution >= 4 is 17.7 Å². The number of anilines is 1. The van der Waals surface area contributed by atoms with Gasteiger partial charge in [-0.05, 0) is 37.5 Å². The van der Waals surface area contributed by atoms with Crippen molar-refractivity contribution in [3.63, 3.8) is 0 Å². The topological polar surface area (TPSA) is 78.9 Å². The Balaban J connectivity index is 2.07. The molecule has 0 aliphatic carbocycles. The van der Waals surface area contributed by atoms with Gasteiger partial charge in [0.05, 0.1) is 18.7 Å². The van der Waals surface area contributed by atoms with Gasteiger partial charge in [-0.15, -0.1) is 0 Å². The number of hydrogen-bond donors (Lipinski definition) is 2. The molecule has 0 aromatic heterocycles. The number of carbonyl (C=O) groups is 2. The number of rotatable bonds is 3. The molecule has 2 rings (SSSR count). The van der Waals surface area contributed by atoms with E-state index in [0.717, 1.165) is 5.56 Å². The van der Waals surface area contributed by atoms with Crippen LogP contribution in [0.2, 0.25) is 0 Å². The van der Waals surface area contributed by atoms with Gasteiger partial charge in [-0.25, -0.2) is 4.79 Å². The van der Waals surface area contributed by atoms with Gasteiger partial charge in [-0.2, -0.15) is 0 Å². The van der Waals surface area contributed by atoms with E-state index in [1.807, 2.05) is 19.1 Å². The lowest BCUT2D eigenvalue weighted by Crippen LogP contribution is -2.44. The normalized spacial score (nSPS) is 18.2. The van der Waals surface area contributed by atoms with Crippen LogP contribution in [0.1, 0.15) is 18.4 Å². The van der Waals surface area contributed by atoms with Crippen molar-refractivity contribution in [3.05, 3.63) is 23.8 Å². The monoisotopic (exact) mass is 292 g/mol. The summed E-state index contributed by atoms with van der Waals surface area (Å²) in [5.74, 6) is -0.745. The van der Waals surface area contributed by atoms with E-state index in [0.29, 0.717) is 30.8 Å². The summed E-state index contributed by atoms with van der Waals surface area (Å²) in [4.78, 5) is 24.9. The summed E-state index contributed by atoms with van der Waals surface area (Å²) in [5.41, 5.74) is 1.60. The fraction of sp³-hybridized carbons (Fsp3) is 0.467. The smallest absolute Gasteiger partial charge is 0.321 e. The molecule has 0 saturated carbocycles. The number of amides is 2. The lowest BCUT2D eigenvalue weighted by atomic mass is 9.99. The van der Waals surface area contributed by atoms with E-state index < -0.39 is 11.9 Å². The summed E-state index contributed by atoms with van der Waals surface area (Å²) in [6.07, 6.45) is 1.32. The lowest BCUT2D eigenvalue weighted by molar-refractivity contribution is -0.143. The maximum Gasteiger partial charge on any atom is 0.321 e. The second-order valence-electron chi connectivity index (χ2n) is 5.26. The molecule has 0 radical (unpaired) electrons. The maximum absolute atomic E-state index is 12.3. The van der Waals surface area contributed by atoms with Crippen LogP contribution in [-0.2, 0) is 4.79 Å². The fourth-order valence-corrected chi connectivity index (χ4v) is 2.48. The van der Waals surface area contributed by atoms with Crippen molar-refractivity contribution in [3.8, 4) is 5.75 Å². The number of piperidine rings is 1. The molecule has 0 spiro atoms. The summed E-state index contributed by atoms with van der Waals surface area (Å²) in [6.45, 7) is 2.75. The minimum absolute atomic E-state index is 0.245. The van der Waals surface area contributed by atoms with E-state index in [1.54, 1.807) is 18.1 Å². The van der Waals surface area contributed by atoms with Gasteiger partial charge in [0.2, 0.25) is 0 Å². The van der Waals surface area contributed by atoms with Crippen molar-refractivity contribution in [1.82, 2.24) is 4.90 Å². The van der Waals surface area contributed by atoms with Crippen LogP contribution in [0.4, 0.5) is 10.5 Å². The molecule has 1 atom stereocenters. The lowest BCUT2D eigenvalue weighted by Gasteiger charge is -2.30. The van der Waals surface area contributed by atoms with Crippen LogP contribution in [0.5, 0.6) is 5.75 Å². The molecule has 0 unspecified atom stereocenters. The zero-order chi connectivity index (χ0) is 15.4. The summed E-state index contributed by atoms with van der Waals surface area (Å²) >= 11 is 0. The number of carboxylic acids is 1. The zero-order valence-electron chi connectivity index (χ0n) is 12.3. The van der Waals surface area contributed by atoms with Gasteiger partial charge in [0.25, 0.3) is 0 Å². The van der Waals surface area contributed by atoms with Gasteiger partial charge in [0.15, 0.2) is 0 Å². The van der Waals surface area contributed by atoms with Crippen LogP contribution in [0.15, 0.2) is 18.2 Å². The predicted octanol–water partition coefficient (Wildman–Crippen LogP) is 2.33. The molecule has 2 amide bonds. The number of carbonyl (C=O) groups excluding carboxylic acids is 1. The number of aliphatic carboxylic acids is 1. The Labute approximate surface area is 123 Å². The third-order valence-corrected chi connectivity index (χ3v) is 3.65. The van der Waals surface area contributed by atoms with Crippen molar-refractivity contribution in [2.45, 2.75) is 19.8 Å². The third kappa shape index (κ3) is 3.65. The summed E-state index contributed by atoms with van der Waals surface area (Å²) < 4.78 is 5.22. The van der Waals surface area contributed by atoms with E-state index >= 15 is 0 Å². The molecule has 1 aliphatic heterocycles. The van der Waals surface area contributed by atoms with Crippen LogP contribution in [0.3, 0.4) is 0 Å². The summed E-state index contributed by atoms with van der Waals surface area (Å²) in [7, 11) is 1.54. The van der Waals surface area contributed by atoms with Gasteiger partial charge in [-0.1, -0.05) is 6.07 Å². The molecule has 1 aromatic rings. The fourth-order valence-electron chi connectivity index (χ4n) is 2.48. The van der Waals surface area contributed by atoms with Crippen LogP contribution in [0.25, 0.3) is 0 Å². The van der Waals surface area contributed by atoms with Crippen molar-refractivity contribution in [1.29, 1.82) is 0 Å². The van der Waals surface area contributed by atoms with Crippen LogP contribution in [-0.4, -0.2) is 42.2 Å². The minimum atomic E-state index is -0.847. The zero-order valence-corrected chi connectivity index (χ0v) is 12.3. The number of nitrogens with zero attached hydrogens (tertiary/aromatic N) is 1. The first-order valence-corrected chi connectivity index (χ1v) is 6.94. The second-order valence-corrected chi connectivity index (χ2v) is 5.26. The highest BCUT2D eigenvalue weighted by atomic mass is 16.5. The van der Waals surface area contributed by atoms with Gasteiger partial charge in [0, 0.05) is 13.1 Å². The van der Waals surface area contributed by atoms with Crippen LogP contribution >= 0.6 is 0 Å². The number of ether oxygens (including phenoxy) is 1. The van der Waals surface area contributed by atoms with E-state index in [4.69, 9.17) is 9.84 Å². The molecule has 6 heteroatoms. The van der Waals surface area contributed by atoms with E-state index in [-0.39, 0.29) is 12.6 Å². The molecular weight excluding hydrogens is 272 g/mol. The predicted molar refractivity (Wildman–Crippen MR) is 78.7 cm³/mol. The molecule has 21 heavy (non-hydrogen) atoms. The van der Waals surface area contributed by atoms with Crippen molar-refractivity contribution in [2.75, 3.05) is 25.5 Å². The number of likely N-dealkylation sites (tertiary alicyclic amines) is 1. The highest BCUT2D eigenvalue weighted by Gasteiger charge is 2.28. The largest absolute Gasteiger partial charge is 0.495 e. The number of benzene rings is 1. The Bertz CT molecular complexity index is 544. The first-order chi connectivity index (χ1) is 10.0. The quantitative estimate of drug-likeness (QED) is 0.896. The third-order valence-electron chi connectivity index (χ3n) is 3.65. The molecule has 1 fully saturated rings. The minimum Gasteiger partial charge on any atom is -0.495 e. The van der Waals surface area contributed by atoms with Crippen molar-refractivity contribution < 1.29 is 19.4 Å². The molecule has 0 bridgehead atoms. The Morgan fingerprint density at radius 1 is 1.43 bits per heavy atom. The van der Waals surface area contributed by atoms with E-state index in [9.17, 15) is 9.59 Å². The number of aryl methyl sites for hydroxylation is 1. The SMILES string of the molecule is COc1ccc(C)cc1NC(=O)N1CCC[C@H](C(=O)O)C1. The highest BCUT2D eigenvalue weighted by molar-refractivity contribution is 5.91. The molecule has 6 nitrogen and oxygen atoms in total. The highest BCUT2D eigenvalue weighted by Crippen LogP contribution is 2.26. The Morgan fingerprint density at radius 2 is 2.19 bits per heavy atom. The van der Waals surface area contributed by atoms with E-state index in [2.05, 4.69) is 5.32 Å². The summed E-state index contributed by atoms with van der Waals surface area (Å²) in [6, 6.07) is 5.23. The first-order valence-electron chi connectivity index (χ1n) is 6.94. The van der Waals surface area contributed by atoms with Gasteiger partial charge >= 0.3 is 12.0 Å². The average Bonchev–Trinajstić information content (AvgIpc) is 2.47. The second kappa shape index (κ2) is 6.47. The van der Waals surface area contributed by atoms with Crippen LogP contribution in [0, 0.1) is 12.8 Å². The van der Waals surface area contributed by atoms with Crippen molar-refractivity contribution in [2.24, 2.45) is 5.92 Å². The van der Waals surface area contributed by atoms with Gasteiger partial charge in [-0.3, -0.25) is 4.79 Å². The molecule has 1 heterocycles. The van der Waals surface area contributed by atoms with Gasteiger partial charge in [0.1, 0.15) is 5.75 Å². The number of nitrogens with one attached hydrogen (secondary N) is 1. The Morgan fingerprint density at radius 3 is 2.86 bits per heavy atom. The van der Waals surface area contributed by atoms with Crippen LogP contribution < -0.4 is 10.1 Å². The molecular formula is C15H20N2O4. The molecule has 1 aromatic carbocycles. The standard InChI is InChI=1S/C15H20N2O4/c1-10-5-6-13(21-2)12(8-10)16-15(20)17-7-3-4-11(9-17)14(18)19/h5-6,8,11H,3-4,7,9H2,1-2H3,(H,16,20)(H,18,19)/t11-/m0/s1. The number of hydrogen-bond acceptors (Lipinski definition) is 3. The molecule has 114 valence electrons. The Hall–Kier alpha value is -2.24. The molecule has 2 N–H and O–H groups in total. The molecule has 1 aliphatic rings. The number of urea groups is 1. The van der Waals surface area contributed by atoms with Gasteiger partial charge < -0.3 is 20.1 Å². The average molecular weight is 292 g/mol. The Kier molecular flexibility index (Phi) is 4.67. The number of methoxy groups -OCH3 is 1. The first kappa shape index (κ1) is 15.2.